The van der Waals surface area contributed by atoms with Gasteiger partial charge in [0.1, 0.15) is 5.78 Å². The summed E-state index contributed by atoms with van der Waals surface area (Å²) in [6, 6.07) is 8.39. The fourth-order valence-corrected chi connectivity index (χ4v) is 1.39. The van der Waals surface area contributed by atoms with Crippen LogP contribution >= 0.6 is 0 Å². The second-order valence-corrected chi connectivity index (χ2v) is 5.16. The third-order valence-corrected chi connectivity index (χ3v) is 2.60. The minimum Gasteiger partial charge on any atom is -0.299 e. The van der Waals surface area contributed by atoms with Crippen LogP contribution in [0.5, 0.6) is 0 Å². The highest BCUT2D eigenvalue weighted by Crippen LogP contribution is 2.18. The van der Waals surface area contributed by atoms with Crippen molar-refractivity contribution in [3.8, 4) is 0 Å². The number of benzene rings is 1. The Hall–Kier alpha value is -1.11. The van der Waals surface area contributed by atoms with Gasteiger partial charge in [0.05, 0.1) is 0 Å². The van der Waals surface area contributed by atoms with E-state index in [1.807, 2.05) is 20.8 Å². The summed E-state index contributed by atoms with van der Waals surface area (Å²) in [5.41, 5.74) is 2.31. The zero-order valence-electron chi connectivity index (χ0n) is 10.1. The quantitative estimate of drug-likeness (QED) is 0.736. The molecule has 82 valence electrons. The number of carbonyl (C=O) groups is 1. The molecule has 0 fully saturated rings. The van der Waals surface area contributed by atoms with Gasteiger partial charge < -0.3 is 0 Å². The van der Waals surface area contributed by atoms with Gasteiger partial charge in [0, 0.05) is 11.8 Å². The highest BCUT2D eigenvalue weighted by molar-refractivity contribution is 5.83. The van der Waals surface area contributed by atoms with E-state index in [9.17, 15) is 4.79 Å². The highest BCUT2D eigenvalue weighted by Gasteiger charge is 2.20. The summed E-state index contributed by atoms with van der Waals surface area (Å²) in [4.78, 5) is 11.7. The molecule has 0 amide bonds. The molecular weight excluding hydrogens is 184 g/mol. The highest BCUT2D eigenvalue weighted by atomic mass is 16.1. The van der Waals surface area contributed by atoms with Crippen molar-refractivity contribution in [1.82, 2.24) is 0 Å². The third kappa shape index (κ3) is 3.86. The molecule has 0 aliphatic rings. The minimum absolute atomic E-state index is 0.204. The first kappa shape index (κ1) is 12.0. The van der Waals surface area contributed by atoms with Crippen LogP contribution in [0, 0.1) is 12.3 Å². The summed E-state index contributed by atoms with van der Waals surface area (Å²) in [6.45, 7) is 8.00. The summed E-state index contributed by atoms with van der Waals surface area (Å²) in [7, 11) is 0. The molecule has 15 heavy (non-hydrogen) atoms. The SMILES string of the molecule is Cc1ccc(CCC(=O)C(C)(C)C)cc1. The van der Waals surface area contributed by atoms with E-state index in [2.05, 4.69) is 31.2 Å². The van der Waals surface area contributed by atoms with Crippen molar-refractivity contribution in [3.63, 3.8) is 0 Å². The Morgan fingerprint density at radius 2 is 1.67 bits per heavy atom. The zero-order chi connectivity index (χ0) is 11.5. The minimum atomic E-state index is -0.204. The topological polar surface area (TPSA) is 17.1 Å². The fraction of sp³-hybridized carbons (Fsp3) is 0.500. The summed E-state index contributed by atoms with van der Waals surface area (Å²) in [5, 5.41) is 0. The molecular formula is C14H20O. The van der Waals surface area contributed by atoms with Crippen molar-refractivity contribution in [2.24, 2.45) is 5.41 Å². The molecule has 0 saturated heterocycles. The van der Waals surface area contributed by atoms with Crippen LogP contribution in [-0.2, 0) is 11.2 Å². The Bertz CT molecular complexity index is 327. The first-order valence-electron chi connectivity index (χ1n) is 5.48. The number of Topliss-reactive ketones (excluding diaryl/α,β-unsaturated/α-hetero) is 1. The Balaban J connectivity index is 2.51. The molecule has 0 unspecified atom stereocenters. The van der Waals surface area contributed by atoms with E-state index >= 15 is 0 Å². The molecule has 0 atom stereocenters. The first-order valence-corrected chi connectivity index (χ1v) is 5.48. The standard InChI is InChI=1S/C14H20O/c1-11-5-7-12(8-6-11)9-10-13(15)14(2,3)4/h5-8H,9-10H2,1-4H3. The molecule has 0 heterocycles. The van der Waals surface area contributed by atoms with Gasteiger partial charge in [-0.3, -0.25) is 4.79 Å². The van der Waals surface area contributed by atoms with Gasteiger partial charge in [0.15, 0.2) is 0 Å². The van der Waals surface area contributed by atoms with Crippen molar-refractivity contribution < 1.29 is 4.79 Å². The second-order valence-electron chi connectivity index (χ2n) is 5.16. The van der Waals surface area contributed by atoms with Crippen LogP contribution in [-0.4, -0.2) is 5.78 Å². The van der Waals surface area contributed by atoms with Crippen molar-refractivity contribution >= 4 is 5.78 Å². The number of hydrogen-bond acceptors (Lipinski definition) is 1. The first-order chi connectivity index (χ1) is 6.89. The van der Waals surface area contributed by atoms with Crippen molar-refractivity contribution in [2.75, 3.05) is 0 Å². The monoisotopic (exact) mass is 204 g/mol. The van der Waals surface area contributed by atoms with Gasteiger partial charge in [0.25, 0.3) is 0 Å². The van der Waals surface area contributed by atoms with E-state index in [0.29, 0.717) is 12.2 Å². The Morgan fingerprint density at radius 3 is 2.13 bits per heavy atom. The van der Waals surface area contributed by atoms with Gasteiger partial charge in [-0.2, -0.15) is 0 Å². The molecule has 0 saturated carbocycles. The molecule has 1 rings (SSSR count). The average molecular weight is 204 g/mol. The van der Waals surface area contributed by atoms with Gasteiger partial charge in [-0.1, -0.05) is 50.6 Å². The van der Waals surface area contributed by atoms with Crippen LogP contribution in [0.3, 0.4) is 0 Å². The molecule has 1 heteroatoms. The summed E-state index contributed by atoms with van der Waals surface area (Å²) < 4.78 is 0. The van der Waals surface area contributed by atoms with Crippen LogP contribution in [0.15, 0.2) is 24.3 Å². The van der Waals surface area contributed by atoms with Crippen LogP contribution in [0.25, 0.3) is 0 Å². The predicted octanol–water partition coefficient (Wildman–Crippen LogP) is 3.54. The van der Waals surface area contributed by atoms with Crippen molar-refractivity contribution in [3.05, 3.63) is 35.4 Å². The molecule has 0 N–H and O–H groups in total. The van der Waals surface area contributed by atoms with Gasteiger partial charge >= 0.3 is 0 Å². The molecule has 1 aromatic rings. The molecule has 0 aliphatic heterocycles. The van der Waals surface area contributed by atoms with E-state index in [1.165, 1.54) is 11.1 Å². The fourth-order valence-electron chi connectivity index (χ4n) is 1.39. The third-order valence-electron chi connectivity index (χ3n) is 2.60. The number of rotatable bonds is 3. The second kappa shape index (κ2) is 4.61. The lowest BCUT2D eigenvalue weighted by Gasteiger charge is -2.16. The maximum atomic E-state index is 11.7. The summed E-state index contributed by atoms with van der Waals surface area (Å²) >= 11 is 0. The molecule has 0 spiro atoms. The van der Waals surface area contributed by atoms with E-state index in [1.54, 1.807) is 0 Å². The van der Waals surface area contributed by atoms with Gasteiger partial charge in [-0.15, -0.1) is 0 Å². The van der Waals surface area contributed by atoms with Crippen LogP contribution in [0.2, 0.25) is 0 Å². The van der Waals surface area contributed by atoms with E-state index in [0.717, 1.165) is 6.42 Å². The van der Waals surface area contributed by atoms with Crippen LogP contribution in [0.1, 0.15) is 38.3 Å². The van der Waals surface area contributed by atoms with Crippen molar-refractivity contribution in [1.29, 1.82) is 0 Å². The number of carbonyl (C=O) groups excluding carboxylic acids is 1. The Labute approximate surface area is 92.5 Å². The lowest BCUT2D eigenvalue weighted by molar-refractivity contribution is -0.126. The van der Waals surface area contributed by atoms with E-state index in [4.69, 9.17) is 0 Å². The Morgan fingerprint density at radius 1 is 1.13 bits per heavy atom. The predicted molar refractivity (Wildman–Crippen MR) is 64.0 cm³/mol. The normalized spacial score (nSPS) is 11.5. The zero-order valence-corrected chi connectivity index (χ0v) is 10.1. The largest absolute Gasteiger partial charge is 0.299 e. The van der Waals surface area contributed by atoms with E-state index in [-0.39, 0.29) is 5.41 Å². The average Bonchev–Trinajstić information content (AvgIpc) is 2.15. The molecule has 0 aliphatic carbocycles. The van der Waals surface area contributed by atoms with Crippen molar-refractivity contribution in [2.45, 2.75) is 40.5 Å². The maximum absolute atomic E-state index is 11.7. The van der Waals surface area contributed by atoms with Gasteiger partial charge in [-0.05, 0) is 18.9 Å². The lowest BCUT2D eigenvalue weighted by Crippen LogP contribution is -2.20. The molecule has 0 bridgehead atoms. The molecule has 0 radical (unpaired) electrons. The Kier molecular flexibility index (Phi) is 3.67. The number of hydrogen-bond donors (Lipinski definition) is 0. The lowest BCUT2D eigenvalue weighted by atomic mass is 9.87. The van der Waals surface area contributed by atoms with Gasteiger partial charge in [0.2, 0.25) is 0 Å². The smallest absolute Gasteiger partial charge is 0.138 e. The molecule has 1 nitrogen and oxygen atoms in total. The molecule has 1 aromatic carbocycles. The summed E-state index contributed by atoms with van der Waals surface area (Å²) in [5.74, 6) is 0.336. The van der Waals surface area contributed by atoms with Crippen LogP contribution < -0.4 is 0 Å². The summed E-state index contributed by atoms with van der Waals surface area (Å²) in [6.07, 6.45) is 1.50. The number of ketones is 1. The van der Waals surface area contributed by atoms with E-state index < -0.39 is 0 Å². The van der Waals surface area contributed by atoms with Gasteiger partial charge in [-0.25, -0.2) is 0 Å². The van der Waals surface area contributed by atoms with Crippen LogP contribution in [0.4, 0.5) is 0 Å². The number of aryl methyl sites for hydroxylation is 2. The molecule has 0 aromatic heterocycles. The maximum Gasteiger partial charge on any atom is 0.138 e.